The number of hydrogen-bond acceptors (Lipinski definition) is 2. The zero-order valence-electron chi connectivity index (χ0n) is 10.7. The fraction of sp³-hybridized carbons (Fsp3) is 0.333. The first kappa shape index (κ1) is 11.6. The molecule has 0 saturated heterocycles. The van der Waals surface area contributed by atoms with Crippen molar-refractivity contribution in [2.75, 3.05) is 0 Å². The van der Waals surface area contributed by atoms with E-state index in [9.17, 15) is 0 Å². The Morgan fingerprint density at radius 2 is 1.83 bits per heavy atom. The molecule has 1 aromatic carbocycles. The lowest BCUT2D eigenvalue weighted by atomic mass is 9.95. The second-order valence-corrected chi connectivity index (χ2v) is 5.48. The summed E-state index contributed by atoms with van der Waals surface area (Å²) in [6.07, 6.45) is 2.30. The quantitative estimate of drug-likeness (QED) is 0.827. The minimum atomic E-state index is 0.0767. The van der Waals surface area contributed by atoms with Gasteiger partial charge < -0.3 is 4.98 Å². The molecule has 2 aromatic rings. The average Bonchev–Trinajstić information content (AvgIpc) is 3.18. The highest BCUT2D eigenvalue weighted by atomic mass is 32.1. The third kappa shape index (κ3) is 1.70. The number of nitrogens with one attached hydrogen (secondary N) is 1. The van der Waals surface area contributed by atoms with Gasteiger partial charge in [0.15, 0.2) is 0 Å². The van der Waals surface area contributed by atoms with Gasteiger partial charge in [-0.25, -0.2) is 4.98 Å². The van der Waals surface area contributed by atoms with Crippen LogP contribution in [0.2, 0.25) is 0 Å². The van der Waals surface area contributed by atoms with Crippen molar-refractivity contribution in [3.8, 4) is 0 Å². The molecule has 1 N–H and O–H groups in total. The molecule has 0 amide bonds. The fourth-order valence-corrected chi connectivity index (χ4v) is 2.66. The number of H-pyrrole nitrogens is 1. The summed E-state index contributed by atoms with van der Waals surface area (Å²) in [5.74, 6) is 1.03. The summed E-state index contributed by atoms with van der Waals surface area (Å²) in [5, 5.41) is 0. The summed E-state index contributed by atoms with van der Waals surface area (Å²) < 4.78 is 0.725. The van der Waals surface area contributed by atoms with Crippen LogP contribution in [-0.2, 0) is 5.41 Å². The predicted octanol–water partition coefficient (Wildman–Crippen LogP) is 3.84. The van der Waals surface area contributed by atoms with Crippen LogP contribution in [0.15, 0.2) is 30.3 Å². The van der Waals surface area contributed by atoms with Gasteiger partial charge in [-0.05, 0) is 32.3 Å². The molecule has 1 heterocycles. The van der Waals surface area contributed by atoms with Gasteiger partial charge in [-0.1, -0.05) is 42.5 Å². The van der Waals surface area contributed by atoms with Gasteiger partial charge in [0.05, 0.1) is 5.41 Å². The van der Waals surface area contributed by atoms with Crippen LogP contribution in [0.4, 0.5) is 0 Å². The first-order valence-electron chi connectivity index (χ1n) is 6.27. The summed E-state index contributed by atoms with van der Waals surface area (Å²) in [7, 11) is 0. The van der Waals surface area contributed by atoms with Crippen LogP contribution in [0.5, 0.6) is 0 Å². The van der Waals surface area contributed by atoms with Crippen LogP contribution in [0.25, 0.3) is 0 Å². The summed E-state index contributed by atoms with van der Waals surface area (Å²) in [6, 6.07) is 10.6. The summed E-state index contributed by atoms with van der Waals surface area (Å²) in [6.45, 7) is 4.09. The van der Waals surface area contributed by atoms with Crippen LogP contribution >= 0.6 is 12.2 Å². The maximum atomic E-state index is 5.34. The third-order valence-corrected chi connectivity index (χ3v) is 4.33. The minimum absolute atomic E-state index is 0.0767. The standard InChI is InChI=1S/C15H16N2S/c1-10-11(2)16-14(17-13(10)18)15(8-9-15)12-6-4-3-5-7-12/h3-7H,8-9H2,1-2H3,(H,16,17,18). The smallest absolute Gasteiger partial charge is 0.132 e. The molecule has 3 rings (SSSR count). The second-order valence-electron chi connectivity index (χ2n) is 5.09. The molecule has 92 valence electrons. The van der Waals surface area contributed by atoms with Crippen LogP contribution in [0.3, 0.4) is 0 Å². The lowest BCUT2D eigenvalue weighted by Crippen LogP contribution is -2.14. The predicted molar refractivity (Wildman–Crippen MR) is 75.4 cm³/mol. The van der Waals surface area contributed by atoms with E-state index in [4.69, 9.17) is 12.2 Å². The van der Waals surface area contributed by atoms with Crippen molar-refractivity contribution in [1.82, 2.24) is 9.97 Å². The molecule has 1 aliphatic rings. The Labute approximate surface area is 112 Å². The Balaban J connectivity index is 2.14. The van der Waals surface area contributed by atoms with Gasteiger partial charge in [0.25, 0.3) is 0 Å². The third-order valence-electron chi connectivity index (χ3n) is 3.93. The lowest BCUT2D eigenvalue weighted by Gasteiger charge is -2.16. The van der Waals surface area contributed by atoms with Crippen LogP contribution in [0.1, 0.15) is 35.5 Å². The van der Waals surface area contributed by atoms with E-state index in [1.165, 1.54) is 5.56 Å². The van der Waals surface area contributed by atoms with E-state index >= 15 is 0 Å². The lowest BCUT2D eigenvalue weighted by molar-refractivity contribution is 0.740. The molecule has 18 heavy (non-hydrogen) atoms. The van der Waals surface area contributed by atoms with Crippen molar-refractivity contribution in [2.45, 2.75) is 32.1 Å². The molecular weight excluding hydrogens is 240 g/mol. The average molecular weight is 256 g/mol. The van der Waals surface area contributed by atoms with E-state index in [1.54, 1.807) is 0 Å². The fourth-order valence-electron chi connectivity index (χ4n) is 2.42. The maximum absolute atomic E-state index is 5.34. The molecule has 0 unspecified atom stereocenters. The monoisotopic (exact) mass is 256 g/mol. The molecule has 1 fully saturated rings. The van der Waals surface area contributed by atoms with Gasteiger partial charge >= 0.3 is 0 Å². The normalized spacial score (nSPS) is 16.6. The molecule has 0 aliphatic heterocycles. The Morgan fingerprint density at radius 3 is 2.39 bits per heavy atom. The minimum Gasteiger partial charge on any atom is -0.346 e. The van der Waals surface area contributed by atoms with Crippen molar-refractivity contribution < 1.29 is 0 Å². The second kappa shape index (κ2) is 4.02. The van der Waals surface area contributed by atoms with Crippen molar-refractivity contribution in [3.63, 3.8) is 0 Å². The van der Waals surface area contributed by atoms with Crippen molar-refractivity contribution in [3.05, 3.63) is 57.6 Å². The molecule has 0 bridgehead atoms. The highest BCUT2D eigenvalue weighted by molar-refractivity contribution is 7.71. The van der Waals surface area contributed by atoms with E-state index in [-0.39, 0.29) is 5.41 Å². The Morgan fingerprint density at radius 1 is 1.17 bits per heavy atom. The Bertz CT molecular complexity index is 639. The Hall–Kier alpha value is -1.48. The molecule has 1 aromatic heterocycles. The number of aryl methyl sites for hydroxylation is 1. The number of hydrogen-bond donors (Lipinski definition) is 1. The number of nitrogens with zero attached hydrogens (tertiary/aromatic N) is 1. The van der Waals surface area contributed by atoms with Crippen LogP contribution in [0, 0.1) is 18.5 Å². The topological polar surface area (TPSA) is 28.7 Å². The summed E-state index contributed by atoms with van der Waals surface area (Å²) in [5.41, 5.74) is 3.63. The molecule has 0 atom stereocenters. The number of rotatable bonds is 2. The molecule has 1 aliphatic carbocycles. The SMILES string of the molecule is Cc1[nH]c(C2(c3ccccc3)CC2)nc(=S)c1C. The number of benzene rings is 1. The van der Waals surface area contributed by atoms with Crippen molar-refractivity contribution in [1.29, 1.82) is 0 Å². The van der Waals surface area contributed by atoms with Crippen LogP contribution < -0.4 is 0 Å². The van der Waals surface area contributed by atoms with Crippen molar-refractivity contribution in [2.24, 2.45) is 0 Å². The van der Waals surface area contributed by atoms with Crippen LogP contribution in [-0.4, -0.2) is 9.97 Å². The van der Waals surface area contributed by atoms with E-state index < -0.39 is 0 Å². The van der Waals surface area contributed by atoms with Gasteiger partial charge in [-0.3, -0.25) is 0 Å². The van der Waals surface area contributed by atoms with E-state index in [1.807, 2.05) is 6.92 Å². The molecular formula is C15H16N2S. The zero-order valence-corrected chi connectivity index (χ0v) is 11.5. The van der Waals surface area contributed by atoms with Crippen molar-refractivity contribution >= 4 is 12.2 Å². The van der Waals surface area contributed by atoms with Gasteiger partial charge in [-0.2, -0.15) is 0 Å². The molecule has 1 saturated carbocycles. The highest BCUT2D eigenvalue weighted by Crippen LogP contribution is 2.52. The van der Waals surface area contributed by atoms with E-state index in [0.29, 0.717) is 0 Å². The first-order chi connectivity index (χ1) is 8.63. The maximum Gasteiger partial charge on any atom is 0.132 e. The molecule has 3 heteroatoms. The largest absolute Gasteiger partial charge is 0.346 e. The molecule has 0 radical (unpaired) electrons. The summed E-state index contributed by atoms with van der Waals surface area (Å²) in [4.78, 5) is 8.04. The zero-order chi connectivity index (χ0) is 12.8. The highest BCUT2D eigenvalue weighted by Gasteiger charge is 2.48. The van der Waals surface area contributed by atoms with Gasteiger partial charge in [0.1, 0.15) is 10.5 Å². The van der Waals surface area contributed by atoms with Gasteiger partial charge in [-0.15, -0.1) is 0 Å². The number of aromatic nitrogens is 2. The Kier molecular flexibility index (Phi) is 2.59. The number of aromatic amines is 1. The van der Waals surface area contributed by atoms with E-state index in [2.05, 4.69) is 47.2 Å². The molecule has 0 spiro atoms. The van der Waals surface area contributed by atoms with E-state index in [0.717, 1.165) is 34.6 Å². The molecule has 2 nitrogen and oxygen atoms in total. The van der Waals surface area contributed by atoms with Gasteiger partial charge in [0.2, 0.25) is 0 Å². The van der Waals surface area contributed by atoms with Gasteiger partial charge in [0, 0.05) is 11.3 Å². The summed E-state index contributed by atoms with van der Waals surface area (Å²) >= 11 is 5.34. The first-order valence-corrected chi connectivity index (χ1v) is 6.68.